The zero-order valence-electron chi connectivity index (χ0n) is 4.84. The molecule has 0 saturated carbocycles. The Hall–Kier alpha value is 0.269. The molecule has 49 valence electrons. The van der Waals surface area contributed by atoms with Crippen molar-refractivity contribution < 1.29 is 5.48 Å². The average Bonchev–Trinajstić information content (AvgIpc) is 1.90. The quantitative estimate of drug-likeness (QED) is 0.632. The second-order valence-electron chi connectivity index (χ2n) is 1.52. The number of rotatable bonds is 1. The SMILES string of the molecule is O.[Cl][SnH][c]1ccccc1. The Bertz CT molecular complexity index is 154. The van der Waals surface area contributed by atoms with Gasteiger partial charge in [0.05, 0.1) is 0 Å². The second-order valence-corrected chi connectivity index (χ2v) is 5.51. The monoisotopic (exact) mass is 251 g/mol. The Kier molecular flexibility index (Phi) is 5.24. The van der Waals surface area contributed by atoms with Gasteiger partial charge in [-0.25, -0.2) is 0 Å². The molecule has 9 heavy (non-hydrogen) atoms. The van der Waals surface area contributed by atoms with Gasteiger partial charge in [-0.1, -0.05) is 0 Å². The first-order valence-corrected chi connectivity index (χ1v) is 8.24. The third kappa shape index (κ3) is 3.08. The van der Waals surface area contributed by atoms with Gasteiger partial charge in [-0.15, -0.1) is 0 Å². The van der Waals surface area contributed by atoms with Crippen LogP contribution in [0, 0.1) is 0 Å². The van der Waals surface area contributed by atoms with Crippen molar-refractivity contribution in [2.45, 2.75) is 0 Å². The first-order valence-electron chi connectivity index (χ1n) is 2.42. The minimum absolute atomic E-state index is 0. The van der Waals surface area contributed by atoms with Gasteiger partial charge in [0.1, 0.15) is 0 Å². The molecular weight excluding hydrogens is 242 g/mol. The summed E-state index contributed by atoms with van der Waals surface area (Å²) in [6.45, 7) is 0. The van der Waals surface area contributed by atoms with E-state index < -0.39 is 20.0 Å². The molecular formula is C6H8ClOSn. The van der Waals surface area contributed by atoms with Crippen molar-refractivity contribution in [3.05, 3.63) is 30.3 Å². The van der Waals surface area contributed by atoms with Crippen LogP contribution in [0.3, 0.4) is 0 Å². The van der Waals surface area contributed by atoms with Crippen LogP contribution in [0.1, 0.15) is 0 Å². The van der Waals surface area contributed by atoms with Gasteiger partial charge in [0.25, 0.3) is 0 Å². The molecule has 0 saturated heterocycles. The van der Waals surface area contributed by atoms with E-state index in [9.17, 15) is 0 Å². The predicted molar refractivity (Wildman–Crippen MR) is 42.7 cm³/mol. The van der Waals surface area contributed by atoms with E-state index in [1.807, 2.05) is 18.2 Å². The molecule has 1 aromatic carbocycles. The van der Waals surface area contributed by atoms with E-state index in [-0.39, 0.29) is 5.48 Å². The molecule has 0 amide bonds. The van der Waals surface area contributed by atoms with Crippen LogP contribution in [-0.2, 0) is 0 Å². The zero-order valence-corrected chi connectivity index (χ0v) is 8.89. The summed E-state index contributed by atoms with van der Waals surface area (Å²) in [5, 5.41) is 0. The summed E-state index contributed by atoms with van der Waals surface area (Å²) in [4.78, 5) is 0. The molecule has 0 aliphatic heterocycles. The van der Waals surface area contributed by atoms with E-state index in [1.165, 1.54) is 3.58 Å². The molecule has 1 rings (SSSR count). The minimum atomic E-state index is -0.822. The van der Waals surface area contributed by atoms with Crippen LogP contribution in [0.4, 0.5) is 0 Å². The third-order valence-corrected chi connectivity index (χ3v) is 4.43. The summed E-state index contributed by atoms with van der Waals surface area (Å²) in [5.41, 5.74) is 0. The summed E-state index contributed by atoms with van der Waals surface area (Å²) in [5.74, 6) is 0. The Morgan fingerprint density at radius 1 is 1.11 bits per heavy atom. The van der Waals surface area contributed by atoms with Gasteiger partial charge >= 0.3 is 62.8 Å². The maximum absolute atomic E-state index is 5.72. The second kappa shape index (κ2) is 5.09. The van der Waals surface area contributed by atoms with Crippen molar-refractivity contribution in [1.82, 2.24) is 0 Å². The molecule has 0 heterocycles. The number of halogens is 1. The van der Waals surface area contributed by atoms with Crippen molar-refractivity contribution >= 4 is 32.5 Å². The van der Waals surface area contributed by atoms with Crippen LogP contribution in [0.5, 0.6) is 0 Å². The van der Waals surface area contributed by atoms with Gasteiger partial charge in [0, 0.05) is 0 Å². The van der Waals surface area contributed by atoms with E-state index in [1.54, 1.807) is 0 Å². The Balaban J connectivity index is 0.000000640. The van der Waals surface area contributed by atoms with Gasteiger partial charge in [0.2, 0.25) is 0 Å². The van der Waals surface area contributed by atoms with Crippen molar-refractivity contribution in [1.29, 1.82) is 0 Å². The Morgan fingerprint density at radius 3 is 2.00 bits per heavy atom. The molecule has 0 aromatic heterocycles. The molecule has 1 aromatic rings. The molecule has 1 radical (unpaired) electrons. The van der Waals surface area contributed by atoms with Crippen LogP contribution in [0.15, 0.2) is 30.3 Å². The predicted octanol–water partition coefficient (Wildman–Crippen LogP) is 0.0775. The van der Waals surface area contributed by atoms with E-state index >= 15 is 0 Å². The van der Waals surface area contributed by atoms with Gasteiger partial charge in [-0.3, -0.25) is 0 Å². The van der Waals surface area contributed by atoms with Crippen molar-refractivity contribution in [2.24, 2.45) is 0 Å². The summed E-state index contributed by atoms with van der Waals surface area (Å²) in [7, 11) is 5.72. The van der Waals surface area contributed by atoms with Crippen molar-refractivity contribution in [3.8, 4) is 0 Å². The summed E-state index contributed by atoms with van der Waals surface area (Å²) in [6.07, 6.45) is 0. The normalized spacial score (nSPS) is 8.11. The van der Waals surface area contributed by atoms with Gasteiger partial charge < -0.3 is 5.48 Å². The van der Waals surface area contributed by atoms with Crippen molar-refractivity contribution in [3.63, 3.8) is 0 Å². The fraction of sp³-hybridized carbons (Fsp3) is 0. The molecule has 3 heteroatoms. The molecule has 0 aliphatic rings. The molecule has 0 spiro atoms. The van der Waals surface area contributed by atoms with E-state index in [2.05, 4.69) is 12.1 Å². The van der Waals surface area contributed by atoms with E-state index in [0.717, 1.165) is 0 Å². The van der Waals surface area contributed by atoms with Gasteiger partial charge in [0.15, 0.2) is 0 Å². The zero-order chi connectivity index (χ0) is 5.82. The maximum atomic E-state index is 5.72. The van der Waals surface area contributed by atoms with Gasteiger partial charge in [-0.05, 0) is 0 Å². The van der Waals surface area contributed by atoms with Crippen LogP contribution >= 0.6 is 8.92 Å². The fourth-order valence-corrected chi connectivity index (χ4v) is 2.55. The number of benzene rings is 1. The number of hydrogen-bond donors (Lipinski definition) is 0. The molecule has 0 fully saturated rings. The van der Waals surface area contributed by atoms with Crippen LogP contribution < -0.4 is 3.58 Å². The fourth-order valence-electron chi connectivity index (χ4n) is 0.526. The molecule has 0 unspecified atom stereocenters. The molecule has 0 aliphatic carbocycles. The summed E-state index contributed by atoms with van der Waals surface area (Å²) < 4.78 is 1.37. The van der Waals surface area contributed by atoms with Crippen LogP contribution in [0.25, 0.3) is 0 Å². The van der Waals surface area contributed by atoms with Crippen LogP contribution in [0.2, 0.25) is 0 Å². The van der Waals surface area contributed by atoms with E-state index in [4.69, 9.17) is 8.92 Å². The topological polar surface area (TPSA) is 31.5 Å². The standard InChI is InChI=1S/C6H5.ClH.H2O.Sn.H/c1-2-4-6-5-3-1;;;;/h1-5H;1H;1H2;;/q;;;+1;/p-1. The first kappa shape index (κ1) is 9.27. The third-order valence-electron chi connectivity index (χ3n) is 0.926. The molecule has 1 nitrogen and oxygen atoms in total. The average molecular weight is 250 g/mol. The number of hydrogen-bond acceptors (Lipinski definition) is 0. The molecule has 0 atom stereocenters. The van der Waals surface area contributed by atoms with E-state index in [0.29, 0.717) is 0 Å². The summed E-state index contributed by atoms with van der Waals surface area (Å²) >= 11 is -0.822. The molecule has 2 N–H and O–H groups in total. The van der Waals surface area contributed by atoms with Gasteiger partial charge in [-0.2, -0.15) is 0 Å². The Morgan fingerprint density at radius 2 is 1.67 bits per heavy atom. The Labute approximate surface area is 68.3 Å². The first-order chi connectivity index (χ1) is 3.93. The molecule has 0 bridgehead atoms. The van der Waals surface area contributed by atoms with Crippen molar-refractivity contribution in [2.75, 3.05) is 0 Å². The van der Waals surface area contributed by atoms with Crippen LogP contribution in [-0.4, -0.2) is 25.5 Å². The summed E-state index contributed by atoms with van der Waals surface area (Å²) in [6, 6.07) is 10.3.